The number of rotatable bonds is 2. The van der Waals surface area contributed by atoms with Crippen LogP contribution in [0.5, 0.6) is 0 Å². The number of hydrogen-bond acceptors (Lipinski definition) is 2. The summed E-state index contributed by atoms with van der Waals surface area (Å²) in [5, 5.41) is 6.85. The van der Waals surface area contributed by atoms with Crippen molar-refractivity contribution in [3.05, 3.63) is 18.3 Å². The van der Waals surface area contributed by atoms with Crippen molar-refractivity contribution in [1.82, 2.24) is 9.88 Å². The van der Waals surface area contributed by atoms with Crippen molar-refractivity contribution in [2.24, 2.45) is 5.11 Å². The van der Waals surface area contributed by atoms with Gasteiger partial charge in [0.1, 0.15) is 0 Å². The van der Waals surface area contributed by atoms with Gasteiger partial charge in [-0.05, 0) is 12.1 Å². The van der Waals surface area contributed by atoms with Gasteiger partial charge >= 0.3 is 5.96 Å². The van der Waals surface area contributed by atoms with E-state index in [9.17, 15) is 0 Å². The molecule has 0 aromatic carbocycles. The summed E-state index contributed by atoms with van der Waals surface area (Å²) in [7, 11) is 7.83. The SMILES string of the molecule is CN(C)C(Nc1cccnc1N=[NH2+])=[N+](C)C. The van der Waals surface area contributed by atoms with Crippen LogP contribution in [-0.2, 0) is 0 Å². The van der Waals surface area contributed by atoms with Gasteiger partial charge in [-0.25, -0.2) is 10.3 Å². The third kappa shape index (κ3) is 2.75. The summed E-state index contributed by atoms with van der Waals surface area (Å²) in [5.74, 6) is 1.42. The smallest absolute Gasteiger partial charge is 0.270 e. The van der Waals surface area contributed by atoms with Crippen LogP contribution in [0.15, 0.2) is 23.4 Å². The Morgan fingerprint density at radius 1 is 1.50 bits per heavy atom. The third-order valence-corrected chi connectivity index (χ3v) is 2.00. The molecule has 0 aliphatic rings. The molecule has 0 unspecified atom stereocenters. The monoisotopic (exact) mass is 222 g/mol. The fraction of sp³-hybridized carbons (Fsp3) is 0.400. The molecule has 3 N–H and O–H groups in total. The molecule has 0 radical (unpaired) electrons. The first-order valence-corrected chi connectivity index (χ1v) is 4.91. The maximum atomic E-state index is 5.26. The predicted molar refractivity (Wildman–Crippen MR) is 62.7 cm³/mol. The van der Waals surface area contributed by atoms with Crippen LogP contribution in [0.4, 0.5) is 11.5 Å². The average molecular weight is 222 g/mol. The molecule has 1 aromatic rings. The van der Waals surface area contributed by atoms with Gasteiger partial charge in [0, 0.05) is 11.3 Å². The zero-order chi connectivity index (χ0) is 12.1. The van der Waals surface area contributed by atoms with E-state index in [0.29, 0.717) is 5.82 Å². The molecule has 86 valence electrons. The molecule has 6 heteroatoms. The van der Waals surface area contributed by atoms with Crippen molar-refractivity contribution < 1.29 is 10.1 Å². The molecular formula is C10H18N6+2. The molecule has 1 heterocycles. The minimum atomic E-state index is 0.490. The van der Waals surface area contributed by atoms with Gasteiger partial charge in [-0.3, -0.25) is 9.48 Å². The van der Waals surface area contributed by atoms with Crippen LogP contribution in [0, 0.1) is 0 Å². The third-order valence-electron chi connectivity index (χ3n) is 2.00. The Kier molecular flexibility index (Phi) is 3.93. The van der Waals surface area contributed by atoms with Gasteiger partial charge < -0.3 is 0 Å². The van der Waals surface area contributed by atoms with Crippen LogP contribution in [0.25, 0.3) is 0 Å². The quantitative estimate of drug-likeness (QED) is 0.307. The topological polar surface area (TPSA) is 69.1 Å². The minimum Gasteiger partial charge on any atom is -0.270 e. The number of anilines is 1. The maximum Gasteiger partial charge on any atom is 0.352 e. The van der Waals surface area contributed by atoms with Crippen LogP contribution in [0.1, 0.15) is 0 Å². The Morgan fingerprint density at radius 3 is 2.69 bits per heavy atom. The Hall–Kier alpha value is -1.98. The summed E-state index contributed by atoms with van der Waals surface area (Å²) < 4.78 is 1.97. The molecule has 0 aliphatic carbocycles. The fourth-order valence-corrected chi connectivity index (χ4v) is 1.34. The van der Waals surface area contributed by atoms with E-state index in [-0.39, 0.29) is 0 Å². The molecular weight excluding hydrogens is 204 g/mol. The molecule has 0 fully saturated rings. The first-order valence-electron chi connectivity index (χ1n) is 4.91. The summed E-state index contributed by atoms with van der Waals surface area (Å²) >= 11 is 0. The van der Waals surface area contributed by atoms with Gasteiger partial charge in [0.25, 0.3) is 5.82 Å². The van der Waals surface area contributed by atoms with E-state index in [1.807, 2.05) is 49.8 Å². The molecule has 0 spiro atoms. The van der Waals surface area contributed by atoms with E-state index < -0.39 is 0 Å². The molecule has 0 atom stereocenters. The molecule has 0 amide bonds. The van der Waals surface area contributed by atoms with E-state index in [1.54, 1.807) is 6.20 Å². The standard InChI is InChI=1S/C10H16N6/c1-15(2)10(16(3)4)13-8-6-5-7-12-9(8)14-11/h5-7,11H,1-4H3/p+2. The largest absolute Gasteiger partial charge is 0.352 e. The number of nitrogens with one attached hydrogen (secondary N) is 1. The lowest BCUT2D eigenvalue weighted by atomic mass is 10.4. The van der Waals surface area contributed by atoms with E-state index in [0.717, 1.165) is 11.6 Å². The number of nitrogens with zero attached hydrogens (tertiary/aromatic N) is 4. The van der Waals surface area contributed by atoms with Crippen molar-refractivity contribution in [2.45, 2.75) is 0 Å². The minimum absolute atomic E-state index is 0.490. The molecule has 1 rings (SSSR count). The van der Waals surface area contributed by atoms with E-state index >= 15 is 0 Å². The lowest BCUT2D eigenvalue weighted by Gasteiger charge is -2.12. The predicted octanol–water partition coefficient (Wildman–Crippen LogP) is -0.474. The average Bonchev–Trinajstić information content (AvgIpc) is 2.25. The normalized spacial score (nSPS) is 9.50. The summed E-state index contributed by atoms with van der Waals surface area (Å²) in [6.07, 6.45) is 1.65. The lowest BCUT2D eigenvalue weighted by molar-refractivity contribution is -0.469. The molecule has 6 nitrogen and oxygen atoms in total. The van der Waals surface area contributed by atoms with Crippen molar-refractivity contribution in [2.75, 3.05) is 33.5 Å². The number of nitrogens with two attached hydrogens (primary N) is 1. The van der Waals surface area contributed by atoms with E-state index in [1.165, 1.54) is 0 Å². The summed E-state index contributed by atoms with van der Waals surface area (Å²) in [4.78, 5) is 6.03. The van der Waals surface area contributed by atoms with Gasteiger partial charge in [0.05, 0.1) is 28.2 Å². The Balaban J connectivity index is 3.04. The highest BCUT2D eigenvalue weighted by molar-refractivity contribution is 5.91. The molecule has 0 bridgehead atoms. The molecule has 0 saturated carbocycles. The first kappa shape index (κ1) is 12.1. The van der Waals surface area contributed by atoms with Crippen molar-refractivity contribution in [3.8, 4) is 0 Å². The van der Waals surface area contributed by atoms with E-state index in [4.69, 9.17) is 5.53 Å². The van der Waals surface area contributed by atoms with Crippen LogP contribution in [0.2, 0.25) is 0 Å². The number of pyridine rings is 1. The van der Waals surface area contributed by atoms with Gasteiger partial charge in [-0.2, -0.15) is 5.53 Å². The summed E-state index contributed by atoms with van der Waals surface area (Å²) in [6, 6.07) is 3.71. The van der Waals surface area contributed by atoms with Gasteiger partial charge in [-0.1, -0.05) is 0 Å². The molecule has 0 aliphatic heterocycles. The van der Waals surface area contributed by atoms with Crippen LogP contribution in [0.3, 0.4) is 0 Å². The Bertz CT molecular complexity index is 406. The van der Waals surface area contributed by atoms with Crippen LogP contribution < -0.4 is 10.8 Å². The maximum absolute atomic E-state index is 5.26. The molecule has 16 heavy (non-hydrogen) atoms. The summed E-state index contributed by atoms with van der Waals surface area (Å²) in [6.45, 7) is 0. The highest BCUT2D eigenvalue weighted by atomic mass is 15.3. The second-order valence-corrected chi connectivity index (χ2v) is 3.74. The molecule has 0 saturated heterocycles. The number of aromatic nitrogens is 1. The van der Waals surface area contributed by atoms with Crippen molar-refractivity contribution in [1.29, 1.82) is 0 Å². The van der Waals surface area contributed by atoms with Gasteiger partial charge in [-0.15, -0.1) is 0 Å². The van der Waals surface area contributed by atoms with E-state index in [2.05, 4.69) is 15.4 Å². The van der Waals surface area contributed by atoms with Gasteiger partial charge in [0.2, 0.25) is 0 Å². The van der Waals surface area contributed by atoms with Crippen molar-refractivity contribution in [3.63, 3.8) is 0 Å². The van der Waals surface area contributed by atoms with Crippen molar-refractivity contribution >= 4 is 17.5 Å². The summed E-state index contributed by atoms with van der Waals surface area (Å²) in [5.41, 5.74) is 6.04. The fourth-order valence-electron chi connectivity index (χ4n) is 1.34. The highest BCUT2D eigenvalue weighted by Gasteiger charge is 2.15. The number of guanidine groups is 1. The zero-order valence-electron chi connectivity index (χ0n) is 10.1. The second-order valence-electron chi connectivity index (χ2n) is 3.74. The first-order chi connectivity index (χ1) is 7.56. The number of hydrogen-bond donors (Lipinski definition) is 2. The van der Waals surface area contributed by atoms with Gasteiger partial charge in [0.15, 0.2) is 5.69 Å². The zero-order valence-corrected chi connectivity index (χ0v) is 10.1. The Labute approximate surface area is 95.1 Å². The van der Waals surface area contributed by atoms with Crippen LogP contribution in [-0.4, -0.2) is 48.6 Å². The molecule has 1 aromatic heterocycles. The Morgan fingerprint density at radius 2 is 2.19 bits per heavy atom. The highest BCUT2D eigenvalue weighted by Crippen LogP contribution is 2.19. The second kappa shape index (κ2) is 5.20. The lowest BCUT2D eigenvalue weighted by Crippen LogP contribution is -2.36. The van der Waals surface area contributed by atoms with Crippen LogP contribution >= 0.6 is 0 Å².